The standard InChI is InChI=1S/C16H24N2/c1-16(9-3-4-10-16)15(17-2)13-8-7-12-6-5-11-18-14(12)13/h5-6,11,13,15,17H,3-4,7-10H2,1-2H3. The number of aryl methyl sites for hydroxylation is 1. The van der Waals surface area contributed by atoms with Crippen LogP contribution in [0.15, 0.2) is 18.3 Å². The van der Waals surface area contributed by atoms with E-state index in [2.05, 4.69) is 36.4 Å². The lowest BCUT2D eigenvalue weighted by Crippen LogP contribution is -2.44. The van der Waals surface area contributed by atoms with E-state index in [0.29, 0.717) is 17.4 Å². The number of nitrogens with zero attached hydrogens (tertiary/aromatic N) is 1. The fraction of sp³-hybridized carbons (Fsp3) is 0.688. The number of hydrogen-bond acceptors (Lipinski definition) is 2. The Balaban J connectivity index is 1.90. The Morgan fingerprint density at radius 3 is 2.89 bits per heavy atom. The highest BCUT2D eigenvalue weighted by Crippen LogP contribution is 2.47. The van der Waals surface area contributed by atoms with E-state index < -0.39 is 0 Å². The molecule has 1 aromatic rings. The summed E-state index contributed by atoms with van der Waals surface area (Å²) in [7, 11) is 2.13. The topological polar surface area (TPSA) is 24.9 Å². The third-order valence-corrected chi connectivity index (χ3v) is 5.21. The van der Waals surface area contributed by atoms with Crippen molar-refractivity contribution in [2.75, 3.05) is 7.05 Å². The molecule has 1 N–H and O–H groups in total. The molecule has 0 spiro atoms. The molecular formula is C16H24N2. The van der Waals surface area contributed by atoms with Crippen LogP contribution < -0.4 is 5.32 Å². The number of rotatable bonds is 3. The van der Waals surface area contributed by atoms with Crippen LogP contribution in [-0.2, 0) is 6.42 Å². The molecule has 0 radical (unpaired) electrons. The SMILES string of the molecule is CNC(C1CCc2cccnc21)C1(C)CCCC1. The van der Waals surface area contributed by atoms with Gasteiger partial charge in [-0.25, -0.2) is 0 Å². The lowest BCUT2D eigenvalue weighted by Gasteiger charge is -2.38. The highest BCUT2D eigenvalue weighted by molar-refractivity contribution is 5.30. The van der Waals surface area contributed by atoms with E-state index in [1.54, 1.807) is 0 Å². The molecule has 3 rings (SSSR count). The molecule has 2 aliphatic rings. The molecule has 1 fully saturated rings. The highest BCUT2D eigenvalue weighted by Gasteiger charge is 2.43. The van der Waals surface area contributed by atoms with Crippen molar-refractivity contribution in [1.29, 1.82) is 0 Å². The van der Waals surface area contributed by atoms with Crippen molar-refractivity contribution in [2.45, 2.75) is 57.4 Å². The Kier molecular flexibility index (Phi) is 3.14. The molecule has 1 saturated carbocycles. The minimum absolute atomic E-state index is 0.471. The highest BCUT2D eigenvalue weighted by atomic mass is 14.9. The van der Waals surface area contributed by atoms with Crippen LogP contribution in [0.25, 0.3) is 0 Å². The molecular weight excluding hydrogens is 220 g/mol. The van der Waals surface area contributed by atoms with E-state index in [0.717, 1.165) is 0 Å². The Hall–Kier alpha value is -0.890. The van der Waals surface area contributed by atoms with Crippen LogP contribution in [0.5, 0.6) is 0 Å². The first-order valence-corrected chi connectivity index (χ1v) is 7.36. The van der Waals surface area contributed by atoms with Gasteiger partial charge in [0.1, 0.15) is 0 Å². The monoisotopic (exact) mass is 244 g/mol. The minimum Gasteiger partial charge on any atom is -0.316 e. The molecule has 2 nitrogen and oxygen atoms in total. The van der Waals surface area contributed by atoms with Gasteiger partial charge in [0.25, 0.3) is 0 Å². The summed E-state index contributed by atoms with van der Waals surface area (Å²) in [6.07, 6.45) is 9.98. The van der Waals surface area contributed by atoms with Gasteiger partial charge in [0.05, 0.1) is 0 Å². The molecule has 0 aliphatic heterocycles. The normalized spacial score (nSPS) is 27.1. The minimum atomic E-state index is 0.471. The van der Waals surface area contributed by atoms with Crippen LogP contribution in [0.2, 0.25) is 0 Å². The molecule has 2 atom stereocenters. The van der Waals surface area contributed by atoms with Gasteiger partial charge in [-0.2, -0.15) is 0 Å². The summed E-state index contributed by atoms with van der Waals surface area (Å²) in [4.78, 5) is 4.67. The molecule has 2 heteroatoms. The van der Waals surface area contributed by atoms with Crippen LogP contribution >= 0.6 is 0 Å². The summed E-state index contributed by atoms with van der Waals surface area (Å²) in [5.74, 6) is 0.620. The lowest BCUT2D eigenvalue weighted by atomic mass is 9.73. The van der Waals surface area contributed by atoms with Crippen molar-refractivity contribution >= 4 is 0 Å². The number of likely N-dealkylation sites (N-methyl/N-ethyl adjacent to an activating group) is 1. The predicted octanol–water partition coefficient (Wildman–Crippen LogP) is 3.28. The summed E-state index contributed by atoms with van der Waals surface area (Å²) in [5.41, 5.74) is 3.31. The van der Waals surface area contributed by atoms with Crippen molar-refractivity contribution in [3.05, 3.63) is 29.6 Å². The zero-order valence-electron chi connectivity index (χ0n) is 11.6. The molecule has 18 heavy (non-hydrogen) atoms. The third-order valence-electron chi connectivity index (χ3n) is 5.21. The number of hydrogen-bond donors (Lipinski definition) is 1. The summed E-state index contributed by atoms with van der Waals surface area (Å²) < 4.78 is 0. The molecule has 2 aliphatic carbocycles. The van der Waals surface area contributed by atoms with Crippen molar-refractivity contribution in [1.82, 2.24) is 10.3 Å². The predicted molar refractivity (Wildman–Crippen MR) is 74.7 cm³/mol. The molecule has 2 unspecified atom stereocenters. The van der Waals surface area contributed by atoms with Crippen LogP contribution in [0, 0.1) is 5.41 Å². The van der Waals surface area contributed by atoms with E-state index in [4.69, 9.17) is 0 Å². The smallest absolute Gasteiger partial charge is 0.0482 e. The summed E-state index contributed by atoms with van der Waals surface area (Å²) in [5, 5.41) is 3.63. The maximum absolute atomic E-state index is 4.67. The second kappa shape index (κ2) is 4.65. The first-order chi connectivity index (χ1) is 8.74. The van der Waals surface area contributed by atoms with E-state index in [1.807, 2.05) is 6.20 Å². The van der Waals surface area contributed by atoms with Gasteiger partial charge >= 0.3 is 0 Å². The van der Waals surface area contributed by atoms with Crippen LogP contribution in [0.3, 0.4) is 0 Å². The van der Waals surface area contributed by atoms with Crippen LogP contribution in [0.4, 0.5) is 0 Å². The maximum Gasteiger partial charge on any atom is 0.0482 e. The number of nitrogens with one attached hydrogen (secondary N) is 1. The fourth-order valence-electron chi connectivity index (χ4n) is 4.30. The summed E-state index contributed by atoms with van der Waals surface area (Å²) >= 11 is 0. The molecule has 0 bridgehead atoms. The van der Waals surface area contributed by atoms with Gasteiger partial charge in [-0.05, 0) is 49.8 Å². The molecule has 98 valence electrons. The molecule has 1 aromatic heterocycles. The average Bonchev–Trinajstić information content (AvgIpc) is 2.99. The number of pyridine rings is 1. The van der Waals surface area contributed by atoms with Gasteiger partial charge in [0.15, 0.2) is 0 Å². The third kappa shape index (κ3) is 1.87. The number of aromatic nitrogens is 1. The van der Waals surface area contributed by atoms with Crippen molar-refractivity contribution < 1.29 is 0 Å². The largest absolute Gasteiger partial charge is 0.316 e. The Morgan fingerprint density at radius 1 is 1.39 bits per heavy atom. The summed E-state index contributed by atoms with van der Waals surface area (Å²) in [6, 6.07) is 4.93. The van der Waals surface area contributed by atoms with Crippen LogP contribution in [0.1, 0.15) is 56.2 Å². The zero-order chi connectivity index (χ0) is 12.6. The van der Waals surface area contributed by atoms with E-state index in [-0.39, 0.29) is 0 Å². The van der Waals surface area contributed by atoms with Crippen molar-refractivity contribution in [3.63, 3.8) is 0 Å². The number of fused-ring (bicyclic) bond motifs is 1. The van der Waals surface area contributed by atoms with Gasteiger partial charge in [-0.3, -0.25) is 4.98 Å². The first-order valence-electron chi connectivity index (χ1n) is 7.36. The average molecular weight is 244 g/mol. The fourth-order valence-corrected chi connectivity index (χ4v) is 4.30. The van der Waals surface area contributed by atoms with Gasteiger partial charge in [0, 0.05) is 23.9 Å². The Bertz CT molecular complexity index is 421. The quantitative estimate of drug-likeness (QED) is 0.882. The Labute approximate surface area is 110 Å². The Morgan fingerprint density at radius 2 is 2.17 bits per heavy atom. The second-order valence-electron chi connectivity index (χ2n) is 6.32. The van der Waals surface area contributed by atoms with Gasteiger partial charge in [0.2, 0.25) is 0 Å². The van der Waals surface area contributed by atoms with Gasteiger partial charge < -0.3 is 5.32 Å². The second-order valence-corrected chi connectivity index (χ2v) is 6.32. The van der Waals surface area contributed by atoms with E-state index in [9.17, 15) is 0 Å². The van der Waals surface area contributed by atoms with E-state index in [1.165, 1.54) is 49.8 Å². The van der Waals surface area contributed by atoms with Gasteiger partial charge in [-0.1, -0.05) is 25.8 Å². The molecule has 0 amide bonds. The van der Waals surface area contributed by atoms with Gasteiger partial charge in [-0.15, -0.1) is 0 Å². The first kappa shape index (κ1) is 12.2. The maximum atomic E-state index is 4.67. The summed E-state index contributed by atoms with van der Waals surface area (Å²) in [6.45, 7) is 2.47. The van der Waals surface area contributed by atoms with Crippen LogP contribution in [-0.4, -0.2) is 18.1 Å². The lowest BCUT2D eigenvalue weighted by molar-refractivity contribution is 0.198. The molecule has 1 heterocycles. The molecule has 0 aromatic carbocycles. The van der Waals surface area contributed by atoms with Crippen molar-refractivity contribution in [2.24, 2.45) is 5.41 Å². The van der Waals surface area contributed by atoms with E-state index >= 15 is 0 Å². The molecule has 0 saturated heterocycles. The van der Waals surface area contributed by atoms with Crippen molar-refractivity contribution in [3.8, 4) is 0 Å². The zero-order valence-corrected chi connectivity index (χ0v) is 11.6.